The minimum atomic E-state index is 0. The van der Waals surface area contributed by atoms with Gasteiger partial charge in [-0.25, -0.2) is 4.98 Å². The number of benzene rings is 2. The first kappa shape index (κ1) is 23.0. The molecule has 2 heterocycles. The Kier molecular flexibility index (Phi) is 7.15. The molecule has 5 rings (SSSR count). The lowest BCUT2D eigenvalue weighted by Gasteiger charge is -2.36. The molecule has 3 N–H and O–H groups in total. The van der Waals surface area contributed by atoms with Gasteiger partial charge in [-0.1, -0.05) is 36.5 Å². The highest BCUT2D eigenvalue weighted by Crippen LogP contribution is 2.34. The average Bonchev–Trinajstić information content (AvgIpc) is 2.75. The number of nitrogen functional groups attached to an aromatic ring is 1. The van der Waals surface area contributed by atoms with Gasteiger partial charge >= 0.3 is 0 Å². The van der Waals surface area contributed by atoms with Crippen LogP contribution >= 0.6 is 24.6 Å². The van der Waals surface area contributed by atoms with Crippen molar-refractivity contribution in [1.82, 2.24) is 15.3 Å². The number of halogens is 1. The Bertz CT molecular complexity index is 1070. The number of nitrogens with one attached hydrogen (secondary N) is 1. The third-order valence-electron chi connectivity index (χ3n) is 5.41. The highest BCUT2D eigenvalue weighted by Gasteiger charge is 2.26. The van der Waals surface area contributed by atoms with E-state index < -0.39 is 0 Å². The lowest BCUT2D eigenvalue weighted by molar-refractivity contribution is 0.356. The number of ether oxygens (including phenoxy) is 2. The predicted octanol–water partition coefficient (Wildman–Crippen LogP) is 3.49. The maximum Gasteiger partial charge on any atom is 0.228 e. The number of hydrogen-bond donors (Lipinski definition) is 2. The van der Waals surface area contributed by atoms with Crippen LogP contribution in [0.1, 0.15) is 6.92 Å². The van der Waals surface area contributed by atoms with Crippen molar-refractivity contribution < 1.29 is 9.47 Å². The second kappa shape index (κ2) is 9.64. The van der Waals surface area contributed by atoms with Crippen LogP contribution in [-0.2, 0) is 0 Å². The summed E-state index contributed by atoms with van der Waals surface area (Å²) in [6, 6.07) is 12.2. The first-order valence-electron chi connectivity index (χ1n) is 9.79. The van der Waals surface area contributed by atoms with Crippen molar-refractivity contribution in [3.8, 4) is 22.6 Å². The van der Waals surface area contributed by atoms with Crippen molar-refractivity contribution in [2.45, 2.75) is 13.0 Å². The Labute approximate surface area is 193 Å². The normalized spacial score (nSPS) is 16.0. The summed E-state index contributed by atoms with van der Waals surface area (Å²) in [5.41, 5.74) is 9.75. The zero-order valence-electron chi connectivity index (χ0n) is 17.7. The molecule has 31 heavy (non-hydrogen) atoms. The fourth-order valence-corrected chi connectivity index (χ4v) is 3.78. The van der Waals surface area contributed by atoms with Gasteiger partial charge in [-0.05, 0) is 24.1 Å². The summed E-state index contributed by atoms with van der Waals surface area (Å²) in [6.07, 6.45) is 0. The first-order valence-corrected chi connectivity index (χ1v) is 10.2. The molecule has 1 aromatic heterocycles. The molecule has 1 fully saturated rings. The van der Waals surface area contributed by atoms with E-state index in [-0.39, 0.29) is 18.4 Å². The zero-order valence-corrected chi connectivity index (χ0v) is 19.3. The molecule has 1 aromatic carbocycles. The summed E-state index contributed by atoms with van der Waals surface area (Å²) >= 11 is 5.39. The van der Waals surface area contributed by atoms with Crippen molar-refractivity contribution in [1.29, 1.82) is 0 Å². The van der Waals surface area contributed by atoms with Crippen molar-refractivity contribution in [2.75, 3.05) is 44.5 Å². The van der Waals surface area contributed by atoms with Gasteiger partial charge in [-0.3, -0.25) is 0 Å². The number of thiocarbonyl (C=S) groups is 1. The molecule has 1 aliphatic heterocycles. The maximum absolute atomic E-state index is 6.18. The van der Waals surface area contributed by atoms with Crippen molar-refractivity contribution >= 4 is 52.2 Å². The monoisotopic (exact) mass is 459 g/mol. The number of rotatable bonds is 4. The van der Waals surface area contributed by atoms with E-state index in [0.29, 0.717) is 23.3 Å². The maximum atomic E-state index is 6.18. The number of hydrogen-bond acceptors (Lipinski definition) is 8. The van der Waals surface area contributed by atoms with Crippen LogP contribution in [0.15, 0.2) is 36.4 Å². The molecule has 0 bridgehead atoms. The lowest BCUT2D eigenvalue weighted by Crippen LogP contribution is -2.54. The van der Waals surface area contributed by atoms with Crippen molar-refractivity contribution in [2.24, 2.45) is 0 Å². The molecule has 1 saturated heterocycles. The molecule has 1 atom stereocenters. The van der Waals surface area contributed by atoms with E-state index in [4.69, 9.17) is 27.4 Å². The number of methoxy groups -OCH3 is 2. The lowest BCUT2D eigenvalue weighted by atomic mass is 9.95. The summed E-state index contributed by atoms with van der Waals surface area (Å²) in [4.78, 5) is 12.2. The molecule has 0 saturated carbocycles. The molecule has 2 aliphatic carbocycles. The summed E-state index contributed by atoms with van der Waals surface area (Å²) in [6.45, 7) is 4.35. The van der Waals surface area contributed by atoms with Crippen LogP contribution < -0.4 is 25.4 Å². The second-order valence-corrected chi connectivity index (χ2v) is 7.88. The molecule has 1 unspecified atom stereocenters. The number of piperazine rings is 1. The summed E-state index contributed by atoms with van der Waals surface area (Å²) in [5.74, 6) is 2.21. The molecular weight excluding hydrogens is 434 g/mol. The van der Waals surface area contributed by atoms with E-state index in [1.807, 2.05) is 13.0 Å². The highest BCUT2D eigenvalue weighted by atomic mass is 35.5. The number of anilines is 2. The molecule has 7 nitrogen and oxygen atoms in total. The van der Waals surface area contributed by atoms with Crippen LogP contribution in [0.4, 0.5) is 11.8 Å². The number of aromatic nitrogens is 2. The van der Waals surface area contributed by atoms with Crippen LogP contribution in [0.25, 0.3) is 22.0 Å². The van der Waals surface area contributed by atoms with Crippen molar-refractivity contribution in [3.63, 3.8) is 0 Å². The van der Waals surface area contributed by atoms with Crippen LogP contribution in [0, 0.1) is 0 Å². The molecule has 3 aliphatic rings. The van der Waals surface area contributed by atoms with Gasteiger partial charge in [0.25, 0.3) is 0 Å². The van der Waals surface area contributed by atoms with Gasteiger partial charge in [0, 0.05) is 36.0 Å². The van der Waals surface area contributed by atoms with Gasteiger partial charge in [0.05, 0.1) is 25.8 Å². The molecule has 164 valence electrons. The topological polar surface area (TPSA) is 85.5 Å². The van der Waals surface area contributed by atoms with E-state index in [1.165, 1.54) is 11.1 Å². The van der Waals surface area contributed by atoms with E-state index >= 15 is 0 Å². The van der Waals surface area contributed by atoms with E-state index in [2.05, 4.69) is 44.5 Å². The van der Waals surface area contributed by atoms with Gasteiger partial charge in [0.2, 0.25) is 5.95 Å². The van der Waals surface area contributed by atoms with Crippen LogP contribution in [0.5, 0.6) is 11.5 Å². The van der Waals surface area contributed by atoms with Crippen LogP contribution in [-0.4, -0.2) is 54.7 Å². The quantitative estimate of drug-likeness (QED) is 0.448. The fraction of sp³-hybridized carbons (Fsp3) is 0.318. The third kappa shape index (κ3) is 4.51. The minimum absolute atomic E-state index is 0. The summed E-state index contributed by atoms with van der Waals surface area (Å²) in [5, 5.41) is 4.09. The summed E-state index contributed by atoms with van der Waals surface area (Å²) in [7, 11) is 3.18. The predicted molar refractivity (Wildman–Crippen MR) is 132 cm³/mol. The molecule has 0 radical (unpaired) electrons. The Morgan fingerprint density at radius 2 is 1.71 bits per heavy atom. The van der Waals surface area contributed by atoms with Gasteiger partial charge < -0.3 is 25.4 Å². The average molecular weight is 460 g/mol. The molecule has 0 amide bonds. The number of nitrogens with two attached hydrogens (primary N) is 1. The van der Waals surface area contributed by atoms with Crippen LogP contribution in [0.2, 0.25) is 0 Å². The second-order valence-electron chi connectivity index (χ2n) is 7.23. The minimum Gasteiger partial charge on any atom is -0.493 e. The Hall–Kier alpha value is -2.68. The number of fused-ring (bicyclic) bond motifs is 2. The van der Waals surface area contributed by atoms with E-state index in [1.54, 1.807) is 20.3 Å². The smallest absolute Gasteiger partial charge is 0.228 e. The molecule has 2 aromatic rings. The summed E-state index contributed by atoms with van der Waals surface area (Å²) < 4.78 is 10.7. The van der Waals surface area contributed by atoms with Gasteiger partial charge in [-0.15, -0.1) is 12.4 Å². The third-order valence-corrected chi connectivity index (χ3v) is 5.68. The first-order chi connectivity index (χ1) is 14.5. The van der Waals surface area contributed by atoms with E-state index in [9.17, 15) is 0 Å². The van der Waals surface area contributed by atoms with E-state index in [0.717, 1.165) is 35.4 Å². The molecule has 0 spiro atoms. The Balaban J connectivity index is 0.000000330. The Morgan fingerprint density at radius 3 is 2.23 bits per heavy atom. The van der Waals surface area contributed by atoms with Gasteiger partial charge in [-0.2, -0.15) is 4.98 Å². The molecule has 9 heteroatoms. The largest absolute Gasteiger partial charge is 0.493 e. The Morgan fingerprint density at radius 1 is 1.10 bits per heavy atom. The highest BCUT2D eigenvalue weighted by molar-refractivity contribution is 7.80. The standard InChI is InChI=1S/C16H21N5O2S.C6H4.ClH/c1-9(24)12-8-18-4-5-21(12)16-19-11-7-14(23-3)13(22-2)6-10(11)15(17)20-16;1-2-6-4-3-5(1)6;/h6-7,12,18H,4-5,8H2,1-3H3,(H2,17,19,20);1-4H;1H. The number of nitrogens with zero attached hydrogens (tertiary/aromatic N) is 3. The van der Waals surface area contributed by atoms with Crippen LogP contribution in [0.3, 0.4) is 0 Å². The zero-order chi connectivity index (χ0) is 21.3. The van der Waals surface area contributed by atoms with Gasteiger partial charge in [0.1, 0.15) is 5.82 Å². The SMILES string of the molecule is COc1cc2nc(N3CCNCC3C(C)=S)nc(N)c2cc1OC.Cl.c1cc2ccc1-2. The molecular formula is C22H26ClN5O2S. The van der Waals surface area contributed by atoms with Crippen molar-refractivity contribution in [3.05, 3.63) is 36.4 Å². The fourth-order valence-electron chi connectivity index (χ4n) is 3.56. The van der Waals surface area contributed by atoms with Gasteiger partial charge in [0.15, 0.2) is 11.5 Å².